The molecule has 0 radical (unpaired) electrons. The molecule has 4 heteroatoms. The van der Waals surface area contributed by atoms with E-state index in [9.17, 15) is 14.9 Å². The predicted octanol–water partition coefficient (Wildman–Crippen LogP) is 5.83. The monoisotopic (exact) mass is 346 g/mol. The Labute approximate surface area is 150 Å². The Hall–Kier alpha value is -3.24. The summed E-state index contributed by atoms with van der Waals surface area (Å²) in [4.78, 5) is 0. The van der Waals surface area contributed by atoms with Crippen LogP contribution in [0, 0.1) is 34.3 Å². The smallest absolute Gasteiger partial charge is 0.131 e. The summed E-state index contributed by atoms with van der Waals surface area (Å²) >= 11 is 0. The van der Waals surface area contributed by atoms with Crippen LogP contribution < -0.4 is 0 Å². The summed E-state index contributed by atoms with van der Waals surface area (Å²) in [6, 6.07) is 14.5. The second-order valence-corrected chi connectivity index (χ2v) is 7.18. The van der Waals surface area contributed by atoms with Gasteiger partial charge in [-0.1, -0.05) is 45.0 Å². The number of nitrogens with zero attached hydrogens (tertiary/aromatic N) is 2. The van der Waals surface area contributed by atoms with E-state index in [1.165, 1.54) is 30.3 Å². The van der Waals surface area contributed by atoms with Crippen LogP contribution in [0.3, 0.4) is 0 Å². The normalized spacial score (nSPS) is 11.2. The molecule has 0 atom stereocenters. The highest BCUT2D eigenvalue weighted by Crippen LogP contribution is 2.39. The maximum absolute atomic E-state index is 15.1. The number of hydrogen-bond acceptors (Lipinski definition) is 2. The minimum Gasteiger partial charge on any atom is -0.206 e. The lowest BCUT2D eigenvalue weighted by atomic mass is 9.83. The van der Waals surface area contributed by atoms with Crippen molar-refractivity contribution in [3.8, 4) is 23.3 Å². The Morgan fingerprint density at radius 3 is 2.15 bits per heavy atom. The van der Waals surface area contributed by atoms with Crippen LogP contribution in [0.4, 0.5) is 8.78 Å². The minimum absolute atomic E-state index is 0.0208. The second-order valence-electron chi connectivity index (χ2n) is 7.18. The molecule has 128 valence electrons. The highest BCUT2D eigenvalue weighted by atomic mass is 19.1. The molecule has 0 bridgehead atoms. The van der Waals surface area contributed by atoms with Crippen molar-refractivity contribution < 1.29 is 8.78 Å². The summed E-state index contributed by atoms with van der Waals surface area (Å²) in [7, 11) is 0. The summed E-state index contributed by atoms with van der Waals surface area (Å²) in [6.45, 7) is 5.88. The van der Waals surface area contributed by atoms with Crippen molar-refractivity contribution in [1.29, 1.82) is 10.5 Å². The molecule has 0 aliphatic heterocycles. The van der Waals surface area contributed by atoms with E-state index in [-0.39, 0.29) is 33.1 Å². The van der Waals surface area contributed by atoms with E-state index in [1.807, 2.05) is 32.9 Å². The van der Waals surface area contributed by atoms with Gasteiger partial charge in [-0.25, -0.2) is 8.78 Å². The highest BCUT2D eigenvalue weighted by Gasteiger charge is 2.23. The number of fused-ring (bicyclic) bond motifs is 1. The molecule has 0 aromatic heterocycles. The summed E-state index contributed by atoms with van der Waals surface area (Å²) in [6.07, 6.45) is 0. The Morgan fingerprint density at radius 2 is 1.58 bits per heavy atom. The fraction of sp³-hybridized carbons (Fsp3) is 0.182. The van der Waals surface area contributed by atoms with Crippen molar-refractivity contribution in [2.24, 2.45) is 0 Å². The number of halogens is 2. The van der Waals surface area contributed by atoms with Crippen LogP contribution >= 0.6 is 0 Å². The lowest BCUT2D eigenvalue weighted by Crippen LogP contribution is -2.11. The molecule has 0 aliphatic rings. The van der Waals surface area contributed by atoms with Gasteiger partial charge in [0.1, 0.15) is 23.8 Å². The van der Waals surface area contributed by atoms with E-state index in [2.05, 4.69) is 0 Å². The second kappa shape index (κ2) is 6.24. The highest BCUT2D eigenvalue weighted by molar-refractivity contribution is 6.01. The standard InChI is InChI=1S/C22H16F2N2/c1-22(2,3)15-9-13-8-14(11-25)17(12-26)21(20(13)19(24)10-15)16-6-4-5-7-18(16)23/h4-10H,1-3H3. The third-order valence-corrected chi connectivity index (χ3v) is 4.43. The first-order valence-electron chi connectivity index (χ1n) is 8.13. The zero-order chi connectivity index (χ0) is 19.1. The largest absolute Gasteiger partial charge is 0.206 e. The molecule has 0 saturated carbocycles. The zero-order valence-corrected chi connectivity index (χ0v) is 14.7. The zero-order valence-electron chi connectivity index (χ0n) is 14.7. The first-order valence-corrected chi connectivity index (χ1v) is 8.13. The molecule has 0 N–H and O–H groups in total. The fourth-order valence-electron chi connectivity index (χ4n) is 3.06. The van der Waals surface area contributed by atoms with Gasteiger partial charge < -0.3 is 0 Å². The maximum Gasteiger partial charge on any atom is 0.131 e. The third kappa shape index (κ3) is 2.80. The Morgan fingerprint density at radius 1 is 0.885 bits per heavy atom. The van der Waals surface area contributed by atoms with Gasteiger partial charge in [-0.15, -0.1) is 0 Å². The molecule has 0 spiro atoms. The molecule has 3 aromatic rings. The van der Waals surface area contributed by atoms with Crippen LogP contribution in [0.15, 0.2) is 42.5 Å². The summed E-state index contributed by atoms with van der Waals surface area (Å²) in [5, 5.41) is 19.7. The predicted molar refractivity (Wildman–Crippen MR) is 97.4 cm³/mol. The van der Waals surface area contributed by atoms with Crippen LogP contribution in [0.1, 0.15) is 37.5 Å². The minimum atomic E-state index is -0.570. The van der Waals surface area contributed by atoms with E-state index in [0.717, 1.165) is 5.56 Å². The molecule has 3 aromatic carbocycles. The molecule has 2 nitrogen and oxygen atoms in total. The van der Waals surface area contributed by atoms with E-state index < -0.39 is 11.6 Å². The van der Waals surface area contributed by atoms with Crippen LogP contribution in [-0.4, -0.2) is 0 Å². The number of rotatable bonds is 1. The van der Waals surface area contributed by atoms with Crippen LogP contribution in [0.25, 0.3) is 21.9 Å². The quantitative estimate of drug-likeness (QED) is 0.557. The van der Waals surface area contributed by atoms with Gasteiger partial charge in [0, 0.05) is 16.5 Å². The SMILES string of the molecule is CC(C)(C)c1cc(F)c2c(-c3ccccc3F)c(C#N)c(C#N)cc2c1. The lowest BCUT2D eigenvalue weighted by Gasteiger charge is -2.21. The molecule has 0 amide bonds. The Kier molecular flexibility index (Phi) is 4.22. The Balaban J connectivity index is 2.55. The van der Waals surface area contributed by atoms with Crippen LogP contribution in [-0.2, 0) is 5.41 Å². The van der Waals surface area contributed by atoms with Crippen molar-refractivity contribution >= 4 is 10.8 Å². The van der Waals surface area contributed by atoms with Gasteiger partial charge >= 0.3 is 0 Å². The van der Waals surface area contributed by atoms with Crippen LogP contribution in [0.2, 0.25) is 0 Å². The summed E-state index contributed by atoms with van der Waals surface area (Å²) in [5.41, 5.74) is 0.770. The van der Waals surface area contributed by atoms with E-state index in [1.54, 1.807) is 12.1 Å². The van der Waals surface area contributed by atoms with Crippen molar-refractivity contribution in [3.05, 3.63) is 70.8 Å². The topological polar surface area (TPSA) is 47.6 Å². The molecule has 0 fully saturated rings. The first kappa shape index (κ1) is 17.6. The van der Waals surface area contributed by atoms with Gasteiger partial charge in [0.15, 0.2) is 0 Å². The lowest BCUT2D eigenvalue weighted by molar-refractivity contribution is 0.577. The molecular weight excluding hydrogens is 330 g/mol. The Bertz CT molecular complexity index is 1110. The van der Waals surface area contributed by atoms with Crippen molar-refractivity contribution in [2.45, 2.75) is 26.2 Å². The summed E-state index contributed by atoms with van der Waals surface area (Å²) < 4.78 is 29.5. The number of hydrogen-bond donors (Lipinski definition) is 0. The first-order chi connectivity index (χ1) is 12.3. The fourth-order valence-corrected chi connectivity index (χ4v) is 3.06. The third-order valence-electron chi connectivity index (χ3n) is 4.43. The molecule has 26 heavy (non-hydrogen) atoms. The number of nitriles is 2. The van der Waals surface area contributed by atoms with Crippen molar-refractivity contribution in [3.63, 3.8) is 0 Å². The molecular formula is C22H16F2N2. The van der Waals surface area contributed by atoms with E-state index in [0.29, 0.717) is 5.39 Å². The van der Waals surface area contributed by atoms with Gasteiger partial charge in [0.05, 0.1) is 11.1 Å². The van der Waals surface area contributed by atoms with Gasteiger partial charge in [-0.2, -0.15) is 10.5 Å². The molecule has 3 rings (SSSR count). The average molecular weight is 346 g/mol. The van der Waals surface area contributed by atoms with Crippen molar-refractivity contribution in [1.82, 2.24) is 0 Å². The van der Waals surface area contributed by atoms with Gasteiger partial charge in [0.25, 0.3) is 0 Å². The molecule has 0 aliphatic carbocycles. The van der Waals surface area contributed by atoms with E-state index >= 15 is 4.39 Å². The molecule has 0 unspecified atom stereocenters. The molecule has 0 heterocycles. The summed E-state index contributed by atoms with van der Waals surface area (Å²) in [5.74, 6) is -1.11. The van der Waals surface area contributed by atoms with Gasteiger partial charge in [0.2, 0.25) is 0 Å². The van der Waals surface area contributed by atoms with Crippen LogP contribution in [0.5, 0.6) is 0 Å². The van der Waals surface area contributed by atoms with Crippen molar-refractivity contribution in [2.75, 3.05) is 0 Å². The number of benzene rings is 3. The van der Waals surface area contributed by atoms with E-state index in [4.69, 9.17) is 0 Å². The van der Waals surface area contributed by atoms with Gasteiger partial charge in [-0.3, -0.25) is 0 Å². The average Bonchev–Trinajstić information content (AvgIpc) is 2.59. The molecule has 0 saturated heterocycles. The maximum atomic E-state index is 15.1. The van der Waals surface area contributed by atoms with Gasteiger partial charge in [-0.05, 0) is 34.6 Å².